The van der Waals surface area contributed by atoms with Crippen LogP contribution in [0.2, 0.25) is 0 Å². The van der Waals surface area contributed by atoms with E-state index in [0.29, 0.717) is 0 Å². The molecule has 0 aromatic heterocycles. The summed E-state index contributed by atoms with van der Waals surface area (Å²) in [4.78, 5) is 0. The van der Waals surface area contributed by atoms with Gasteiger partial charge in [0.05, 0.1) is 6.10 Å². The van der Waals surface area contributed by atoms with E-state index in [1.54, 1.807) is 0 Å². The van der Waals surface area contributed by atoms with Crippen molar-refractivity contribution in [1.29, 1.82) is 0 Å². The van der Waals surface area contributed by atoms with E-state index >= 15 is 0 Å². The predicted molar refractivity (Wildman–Crippen MR) is 56.5 cm³/mol. The molecule has 0 radical (unpaired) electrons. The predicted octanol–water partition coefficient (Wildman–Crippen LogP) is 2.98. The molecule has 1 unspecified atom stereocenters. The fourth-order valence-electron chi connectivity index (χ4n) is 1.79. The van der Waals surface area contributed by atoms with E-state index in [-0.39, 0.29) is 0 Å². The zero-order valence-electron chi connectivity index (χ0n) is 8.34. The van der Waals surface area contributed by atoms with Crippen LogP contribution in [0.15, 0.2) is 36.0 Å². The van der Waals surface area contributed by atoms with Crippen molar-refractivity contribution >= 4 is 0 Å². The first-order chi connectivity index (χ1) is 6.16. The highest BCUT2D eigenvalue weighted by Crippen LogP contribution is 2.29. The van der Waals surface area contributed by atoms with Crippen LogP contribution in [0, 0.1) is 0 Å². The minimum absolute atomic E-state index is 0.451. The normalized spacial score (nSPS) is 19.8. The highest BCUT2D eigenvalue weighted by atomic mass is 16.3. The molecule has 0 heterocycles. The summed E-state index contributed by atoms with van der Waals surface area (Å²) in [6.07, 6.45) is 5.87. The van der Waals surface area contributed by atoms with Crippen LogP contribution in [0.3, 0.4) is 0 Å². The van der Waals surface area contributed by atoms with E-state index in [2.05, 4.69) is 13.2 Å². The van der Waals surface area contributed by atoms with Gasteiger partial charge in [0.15, 0.2) is 0 Å². The Bertz CT molecular complexity index is 248. The zero-order valence-corrected chi connectivity index (χ0v) is 8.34. The molecule has 0 amide bonds. The third kappa shape index (κ3) is 2.31. The van der Waals surface area contributed by atoms with Gasteiger partial charge in [0, 0.05) is 0 Å². The molecular weight excluding hydrogens is 160 g/mol. The molecule has 0 aromatic carbocycles. The maximum Gasteiger partial charge on any atom is 0.0961 e. The van der Waals surface area contributed by atoms with E-state index in [0.717, 1.165) is 24.0 Å². The minimum atomic E-state index is -0.451. The van der Waals surface area contributed by atoms with Crippen LogP contribution in [-0.4, -0.2) is 11.2 Å². The maximum atomic E-state index is 9.85. The molecule has 1 atom stereocenters. The van der Waals surface area contributed by atoms with Gasteiger partial charge in [-0.2, -0.15) is 0 Å². The monoisotopic (exact) mass is 178 g/mol. The van der Waals surface area contributed by atoms with Crippen LogP contribution in [0.25, 0.3) is 0 Å². The van der Waals surface area contributed by atoms with Crippen molar-refractivity contribution < 1.29 is 5.11 Å². The Balaban J connectivity index is 2.90. The third-order valence-electron chi connectivity index (χ3n) is 2.60. The number of aliphatic hydroxyl groups excluding tert-OH is 1. The molecular formula is C12H18O. The molecule has 0 fully saturated rings. The largest absolute Gasteiger partial charge is 0.384 e. The van der Waals surface area contributed by atoms with Crippen molar-refractivity contribution in [2.45, 2.75) is 38.7 Å². The Hall–Kier alpha value is -0.820. The van der Waals surface area contributed by atoms with Crippen LogP contribution < -0.4 is 0 Å². The van der Waals surface area contributed by atoms with Crippen molar-refractivity contribution in [3.8, 4) is 0 Å². The van der Waals surface area contributed by atoms with Gasteiger partial charge in [0.2, 0.25) is 0 Å². The lowest BCUT2D eigenvalue weighted by atomic mass is 9.86. The maximum absolute atomic E-state index is 9.85. The van der Waals surface area contributed by atoms with E-state index in [9.17, 15) is 5.11 Å². The van der Waals surface area contributed by atoms with Crippen molar-refractivity contribution in [2.75, 3.05) is 0 Å². The SMILES string of the molecule is C=CC1=C(C(O)C(=C)C)CCCC1. The topological polar surface area (TPSA) is 20.2 Å². The zero-order chi connectivity index (χ0) is 9.84. The summed E-state index contributed by atoms with van der Waals surface area (Å²) in [6.45, 7) is 9.43. The molecule has 1 heteroatoms. The highest BCUT2D eigenvalue weighted by Gasteiger charge is 2.17. The fourth-order valence-corrected chi connectivity index (χ4v) is 1.79. The molecule has 1 nitrogen and oxygen atoms in total. The number of allylic oxidation sites excluding steroid dienone is 2. The number of hydrogen-bond acceptors (Lipinski definition) is 1. The quantitative estimate of drug-likeness (QED) is 0.659. The van der Waals surface area contributed by atoms with E-state index in [1.165, 1.54) is 18.4 Å². The number of hydrogen-bond donors (Lipinski definition) is 1. The minimum Gasteiger partial charge on any atom is -0.384 e. The molecule has 1 rings (SSSR count). The summed E-state index contributed by atoms with van der Waals surface area (Å²) >= 11 is 0. The highest BCUT2D eigenvalue weighted by molar-refractivity contribution is 5.33. The molecule has 0 bridgehead atoms. The Morgan fingerprint density at radius 2 is 2.08 bits per heavy atom. The van der Waals surface area contributed by atoms with Gasteiger partial charge in [0.1, 0.15) is 0 Å². The second-order valence-electron chi connectivity index (χ2n) is 3.71. The van der Waals surface area contributed by atoms with Gasteiger partial charge < -0.3 is 5.11 Å². The lowest BCUT2D eigenvalue weighted by Gasteiger charge is -2.22. The van der Waals surface area contributed by atoms with Gasteiger partial charge in [0.25, 0.3) is 0 Å². The summed E-state index contributed by atoms with van der Waals surface area (Å²) in [5, 5.41) is 9.85. The summed E-state index contributed by atoms with van der Waals surface area (Å²) in [6, 6.07) is 0. The van der Waals surface area contributed by atoms with E-state index in [4.69, 9.17) is 0 Å². The summed E-state index contributed by atoms with van der Waals surface area (Å²) in [5.74, 6) is 0. The Morgan fingerprint density at radius 1 is 1.46 bits per heavy atom. The summed E-state index contributed by atoms with van der Waals surface area (Å²) in [5.41, 5.74) is 3.19. The lowest BCUT2D eigenvalue weighted by Crippen LogP contribution is -2.15. The Labute approximate surface area is 80.5 Å². The molecule has 0 aromatic rings. The van der Waals surface area contributed by atoms with Crippen molar-refractivity contribution in [3.05, 3.63) is 36.0 Å². The lowest BCUT2D eigenvalue weighted by molar-refractivity contribution is 0.238. The van der Waals surface area contributed by atoms with E-state index < -0.39 is 6.10 Å². The van der Waals surface area contributed by atoms with Crippen LogP contribution in [0.1, 0.15) is 32.6 Å². The molecule has 0 saturated carbocycles. The third-order valence-corrected chi connectivity index (χ3v) is 2.60. The van der Waals surface area contributed by atoms with Gasteiger partial charge >= 0.3 is 0 Å². The molecule has 13 heavy (non-hydrogen) atoms. The smallest absolute Gasteiger partial charge is 0.0961 e. The van der Waals surface area contributed by atoms with Gasteiger partial charge in [-0.25, -0.2) is 0 Å². The first-order valence-corrected chi connectivity index (χ1v) is 4.84. The van der Waals surface area contributed by atoms with Gasteiger partial charge in [-0.1, -0.05) is 19.2 Å². The van der Waals surface area contributed by atoms with Gasteiger partial charge in [-0.15, -0.1) is 0 Å². The molecule has 0 spiro atoms. The average molecular weight is 178 g/mol. The van der Waals surface area contributed by atoms with Gasteiger partial charge in [-0.3, -0.25) is 0 Å². The fraction of sp³-hybridized carbons (Fsp3) is 0.500. The second-order valence-corrected chi connectivity index (χ2v) is 3.71. The van der Waals surface area contributed by atoms with Crippen LogP contribution in [0.4, 0.5) is 0 Å². The molecule has 1 aliphatic carbocycles. The standard InChI is InChI=1S/C12H18O/c1-4-10-7-5-6-8-11(10)12(13)9(2)3/h4,12-13H,1-2,5-8H2,3H3. The second kappa shape index (κ2) is 4.43. The number of rotatable bonds is 3. The summed E-state index contributed by atoms with van der Waals surface area (Å²) < 4.78 is 0. The van der Waals surface area contributed by atoms with Crippen molar-refractivity contribution in [3.63, 3.8) is 0 Å². The van der Waals surface area contributed by atoms with Crippen LogP contribution in [0.5, 0.6) is 0 Å². The molecule has 72 valence electrons. The van der Waals surface area contributed by atoms with Crippen molar-refractivity contribution in [2.24, 2.45) is 0 Å². The molecule has 1 N–H and O–H groups in total. The van der Waals surface area contributed by atoms with E-state index in [1.807, 2.05) is 13.0 Å². The average Bonchev–Trinajstić information content (AvgIpc) is 2.16. The first-order valence-electron chi connectivity index (χ1n) is 4.84. The summed E-state index contributed by atoms with van der Waals surface area (Å²) in [7, 11) is 0. The molecule has 0 aliphatic heterocycles. The Morgan fingerprint density at radius 3 is 2.62 bits per heavy atom. The van der Waals surface area contributed by atoms with Crippen LogP contribution >= 0.6 is 0 Å². The van der Waals surface area contributed by atoms with Gasteiger partial charge in [-0.05, 0) is 49.3 Å². The van der Waals surface area contributed by atoms with Crippen LogP contribution in [-0.2, 0) is 0 Å². The first kappa shape index (κ1) is 10.3. The molecule has 0 saturated heterocycles. The number of aliphatic hydroxyl groups is 1. The van der Waals surface area contributed by atoms with Crippen molar-refractivity contribution in [1.82, 2.24) is 0 Å². The Kier molecular flexibility index (Phi) is 3.49. The molecule has 1 aliphatic rings.